The summed E-state index contributed by atoms with van der Waals surface area (Å²) in [7, 11) is 1.16. The van der Waals surface area contributed by atoms with Crippen LogP contribution in [0.2, 0.25) is 0 Å². The maximum absolute atomic E-state index is 11.0. The van der Waals surface area contributed by atoms with Gasteiger partial charge in [0.1, 0.15) is 0 Å². The predicted molar refractivity (Wildman–Crippen MR) is 52.2 cm³/mol. The molecule has 0 rings (SSSR count). The minimum Gasteiger partial charge on any atom is -0.467 e. The molecule has 15 heavy (non-hydrogen) atoms. The van der Waals surface area contributed by atoms with Crippen molar-refractivity contribution in [2.75, 3.05) is 20.3 Å². The highest BCUT2D eigenvalue weighted by molar-refractivity contribution is 5.75. The van der Waals surface area contributed by atoms with Gasteiger partial charge < -0.3 is 19.9 Å². The maximum Gasteiger partial charge on any atom is 0.407 e. The molecule has 0 aromatic rings. The number of nitrogens with one attached hydrogen (secondary N) is 1. The quantitative estimate of drug-likeness (QED) is 0.631. The minimum atomic E-state index is -1.36. The molecule has 0 aromatic heterocycles. The Bertz CT molecular complexity index is 217. The molecule has 0 saturated heterocycles. The fourth-order valence-electron chi connectivity index (χ4n) is 0.693. The van der Waals surface area contributed by atoms with Crippen molar-refractivity contribution in [3.05, 3.63) is 0 Å². The molecule has 2 N–H and O–H groups in total. The topological polar surface area (TPSA) is 84.9 Å². The van der Waals surface area contributed by atoms with Crippen LogP contribution >= 0.6 is 0 Å². The van der Waals surface area contributed by atoms with Gasteiger partial charge in [-0.05, 0) is 5.92 Å². The zero-order chi connectivity index (χ0) is 11.8. The molecule has 0 aromatic carbocycles. The molecule has 0 fully saturated rings. The Kier molecular flexibility index (Phi) is 6.44. The number of ether oxygens (including phenoxy) is 2. The molecule has 1 atom stereocenters. The van der Waals surface area contributed by atoms with Crippen LogP contribution in [0.15, 0.2) is 0 Å². The van der Waals surface area contributed by atoms with Crippen molar-refractivity contribution in [1.82, 2.24) is 5.32 Å². The van der Waals surface area contributed by atoms with Crippen molar-refractivity contribution in [1.29, 1.82) is 0 Å². The predicted octanol–water partition coefficient (Wildman–Crippen LogP) is -0.0975. The molecular formula is C9H17NO5. The standard InChI is InChI=1S/C9H17NO5/c1-6(2)5-15-9(13)10-4-7(11)8(12)14-3/h6-7,11H,4-5H2,1-3H3,(H,10,13). The van der Waals surface area contributed by atoms with Gasteiger partial charge in [0, 0.05) is 0 Å². The zero-order valence-electron chi connectivity index (χ0n) is 9.15. The maximum atomic E-state index is 11.0. The Labute approximate surface area is 88.6 Å². The van der Waals surface area contributed by atoms with E-state index in [-0.39, 0.29) is 12.5 Å². The average Bonchev–Trinajstić information content (AvgIpc) is 2.21. The van der Waals surface area contributed by atoms with E-state index in [1.54, 1.807) is 0 Å². The van der Waals surface area contributed by atoms with E-state index in [9.17, 15) is 9.59 Å². The number of carbonyl (C=O) groups is 2. The van der Waals surface area contributed by atoms with Gasteiger partial charge in [-0.15, -0.1) is 0 Å². The van der Waals surface area contributed by atoms with E-state index in [1.165, 1.54) is 0 Å². The monoisotopic (exact) mass is 219 g/mol. The summed E-state index contributed by atoms with van der Waals surface area (Å²) in [6.45, 7) is 3.87. The van der Waals surface area contributed by atoms with Crippen LogP contribution in [0.1, 0.15) is 13.8 Å². The van der Waals surface area contributed by atoms with E-state index >= 15 is 0 Å². The molecule has 6 nitrogen and oxygen atoms in total. The third-order valence-corrected chi connectivity index (χ3v) is 1.46. The van der Waals surface area contributed by atoms with Crippen molar-refractivity contribution in [3.8, 4) is 0 Å². The number of methoxy groups -OCH3 is 1. The molecule has 6 heteroatoms. The lowest BCUT2D eigenvalue weighted by atomic mass is 10.2. The average molecular weight is 219 g/mol. The number of rotatable bonds is 5. The van der Waals surface area contributed by atoms with E-state index < -0.39 is 18.2 Å². The number of carbonyl (C=O) groups excluding carboxylic acids is 2. The van der Waals surface area contributed by atoms with Gasteiger partial charge in [0.05, 0.1) is 20.3 Å². The summed E-state index contributed by atoms with van der Waals surface area (Å²) in [5.74, 6) is -0.555. The van der Waals surface area contributed by atoms with Gasteiger partial charge in [-0.1, -0.05) is 13.8 Å². The second kappa shape index (κ2) is 7.05. The fourth-order valence-corrected chi connectivity index (χ4v) is 0.693. The van der Waals surface area contributed by atoms with Crippen LogP contribution in [0.4, 0.5) is 4.79 Å². The highest BCUT2D eigenvalue weighted by Crippen LogP contribution is 1.92. The molecule has 0 saturated carbocycles. The van der Waals surface area contributed by atoms with Crippen LogP contribution in [0.5, 0.6) is 0 Å². The summed E-state index contributed by atoms with van der Waals surface area (Å²) in [6, 6.07) is 0. The molecule has 1 unspecified atom stereocenters. The van der Waals surface area contributed by atoms with Crippen LogP contribution < -0.4 is 5.32 Å². The third kappa shape index (κ3) is 6.73. The number of esters is 1. The molecular weight excluding hydrogens is 202 g/mol. The lowest BCUT2D eigenvalue weighted by Crippen LogP contribution is -2.37. The molecule has 88 valence electrons. The largest absolute Gasteiger partial charge is 0.467 e. The zero-order valence-corrected chi connectivity index (χ0v) is 9.15. The van der Waals surface area contributed by atoms with Crippen LogP contribution in [-0.4, -0.2) is 43.5 Å². The fraction of sp³-hybridized carbons (Fsp3) is 0.778. The highest BCUT2D eigenvalue weighted by atomic mass is 16.6. The van der Waals surface area contributed by atoms with E-state index in [0.717, 1.165) is 7.11 Å². The molecule has 0 spiro atoms. The Morgan fingerprint density at radius 3 is 2.47 bits per heavy atom. The van der Waals surface area contributed by atoms with Crippen LogP contribution in [0, 0.1) is 5.92 Å². The first-order valence-electron chi connectivity index (χ1n) is 4.64. The summed E-state index contributed by atoms with van der Waals surface area (Å²) in [4.78, 5) is 21.7. The second-order valence-electron chi connectivity index (χ2n) is 3.41. The summed E-state index contributed by atoms with van der Waals surface area (Å²) in [5, 5.41) is 11.3. The normalized spacial score (nSPS) is 12.1. The number of amides is 1. The van der Waals surface area contributed by atoms with Crippen LogP contribution in [0.3, 0.4) is 0 Å². The van der Waals surface area contributed by atoms with Crippen molar-refractivity contribution in [2.45, 2.75) is 20.0 Å². The minimum absolute atomic E-state index is 0.219. The molecule has 0 bridgehead atoms. The second-order valence-corrected chi connectivity index (χ2v) is 3.41. The van der Waals surface area contributed by atoms with Crippen molar-refractivity contribution >= 4 is 12.1 Å². The number of aliphatic hydroxyl groups excluding tert-OH is 1. The molecule has 0 aliphatic heterocycles. The van der Waals surface area contributed by atoms with Crippen LogP contribution in [-0.2, 0) is 14.3 Å². The molecule has 0 aliphatic carbocycles. The van der Waals surface area contributed by atoms with Gasteiger partial charge in [-0.25, -0.2) is 9.59 Å². The number of alkyl carbamates (subject to hydrolysis) is 1. The van der Waals surface area contributed by atoms with Crippen molar-refractivity contribution < 1.29 is 24.2 Å². The van der Waals surface area contributed by atoms with Gasteiger partial charge in [-0.3, -0.25) is 0 Å². The Morgan fingerprint density at radius 1 is 1.40 bits per heavy atom. The summed E-state index contributed by atoms with van der Waals surface area (Å²) >= 11 is 0. The highest BCUT2D eigenvalue weighted by Gasteiger charge is 2.16. The van der Waals surface area contributed by atoms with E-state index in [4.69, 9.17) is 9.84 Å². The first-order valence-corrected chi connectivity index (χ1v) is 4.64. The van der Waals surface area contributed by atoms with Gasteiger partial charge in [0.15, 0.2) is 6.10 Å². The van der Waals surface area contributed by atoms with Crippen LogP contribution in [0.25, 0.3) is 0 Å². The first kappa shape index (κ1) is 13.7. The van der Waals surface area contributed by atoms with Gasteiger partial charge in [0.25, 0.3) is 0 Å². The molecule has 0 heterocycles. The van der Waals surface area contributed by atoms with E-state index in [0.29, 0.717) is 6.61 Å². The smallest absolute Gasteiger partial charge is 0.407 e. The molecule has 0 aliphatic rings. The molecule has 0 radical (unpaired) electrons. The van der Waals surface area contributed by atoms with E-state index in [1.807, 2.05) is 13.8 Å². The first-order chi connectivity index (χ1) is 6.97. The Balaban J connectivity index is 3.66. The summed E-state index contributed by atoms with van der Waals surface area (Å²) in [6.07, 6.45) is -2.02. The lowest BCUT2D eigenvalue weighted by molar-refractivity contribution is -0.149. The van der Waals surface area contributed by atoms with Gasteiger partial charge in [0.2, 0.25) is 0 Å². The number of hydrogen-bond acceptors (Lipinski definition) is 5. The number of aliphatic hydroxyl groups is 1. The Morgan fingerprint density at radius 2 is 2.00 bits per heavy atom. The SMILES string of the molecule is COC(=O)C(O)CNC(=O)OCC(C)C. The van der Waals surface area contributed by atoms with Gasteiger partial charge >= 0.3 is 12.1 Å². The lowest BCUT2D eigenvalue weighted by Gasteiger charge is -2.11. The number of hydrogen-bond donors (Lipinski definition) is 2. The molecule has 1 amide bonds. The summed E-state index contributed by atoms with van der Waals surface area (Å²) < 4.78 is 9.02. The third-order valence-electron chi connectivity index (χ3n) is 1.46. The Hall–Kier alpha value is -1.30. The van der Waals surface area contributed by atoms with Crippen molar-refractivity contribution in [2.24, 2.45) is 5.92 Å². The van der Waals surface area contributed by atoms with Crippen molar-refractivity contribution in [3.63, 3.8) is 0 Å². The summed E-state index contributed by atoms with van der Waals surface area (Å²) in [5.41, 5.74) is 0. The van der Waals surface area contributed by atoms with E-state index in [2.05, 4.69) is 10.1 Å². The van der Waals surface area contributed by atoms with Gasteiger partial charge in [-0.2, -0.15) is 0 Å².